The molecule has 2 aromatic carbocycles. The minimum atomic E-state index is -0.401. The largest absolute Gasteiger partial charge is 0.346 e. The number of carbonyl (C=O) groups excluding carboxylic acids is 3. The first-order valence-corrected chi connectivity index (χ1v) is 12.3. The van der Waals surface area contributed by atoms with Crippen molar-refractivity contribution in [3.05, 3.63) is 63.6 Å². The molecule has 1 heterocycles. The summed E-state index contributed by atoms with van der Waals surface area (Å²) in [5.74, 6) is -0.808. The van der Waals surface area contributed by atoms with Crippen LogP contribution in [0.2, 0.25) is 10.0 Å². The minimum Gasteiger partial charge on any atom is -0.346 e. The molecular formula is C25H31Cl2N5O3. The quantitative estimate of drug-likeness (QED) is 0.447. The Morgan fingerprint density at radius 3 is 2.49 bits per heavy atom. The lowest BCUT2D eigenvalue weighted by molar-refractivity contribution is -0.131. The monoisotopic (exact) mass is 519 g/mol. The third kappa shape index (κ3) is 7.93. The van der Waals surface area contributed by atoms with E-state index in [1.54, 1.807) is 36.2 Å². The summed E-state index contributed by atoms with van der Waals surface area (Å²) in [6.07, 6.45) is 2.47. The fourth-order valence-electron chi connectivity index (χ4n) is 4.06. The summed E-state index contributed by atoms with van der Waals surface area (Å²) in [5, 5.41) is 6.10. The average Bonchev–Trinajstić information content (AvgIpc) is 3.36. The first-order valence-electron chi connectivity index (χ1n) is 11.6. The zero-order chi connectivity index (χ0) is 25.4. The summed E-state index contributed by atoms with van der Waals surface area (Å²) in [6, 6.07) is 12.4. The van der Waals surface area contributed by atoms with Crippen LogP contribution in [0.25, 0.3) is 0 Å². The first kappa shape index (κ1) is 26.9. The molecule has 4 N–H and O–H groups in total. The van der Waals surface area contributed by atoms with Crippen LogP contribution in [-0.2, 0) is 20.8 Å². The Kier molecular flexibility index (Phi) is 9.92. The fraction of sp³-hybridized carbons (Fsp3) is 0.400. The number of likely N-dealkylation sites (N-methyl/N-ethyl adjacent to an activating group) is 1. The Morgan fingerprint density at radius 2 is 1.80 bits per heavy atom. The molecule has 0 radical (unpaired) electrons. The van der Waals surface area contributed by atoms with Crippen LogP contribution in [0.4, 0.5) is 5.69 Å². The summed E-state index contributed by atoms with van der Waals surface area (Å²) < 4.78 is 0. The van der Waals surface area contributed by atoms with Gasteiger partial charge in [0.1, 0.15) is 0 Å². The van der Waals surface area contributed by atoms with Gasteiger partial charge >= 0.3 is 0 Å². The number of hydrogen-bond donors (Lipinski definition) is 3. The van der Waals surface area contributed by atoms with E-state index in [1.807, 2.05) is 18.2 Å². The Morgan fingerprint density at radius 1 is 1.06 bits per heavy atom. The number of anilines is 1. The van der Waals surface area contributed by atoms with Crippen LogP contribution >= 0.6 is 23.2 Å². The molecule has 0 aliphatic carbocycles. The van der Waals surface area contributed by atoms with E-state index in [2.05, 4.69) is 15.5 Å². The molecule has 8 nitrogen and oxygen atoms in total. The molecule has 0 aromatic heterocycles. The van der Waals surface area contributed by atoms with Gasteiger partial charge in [0.05, 0.1) is 35.6 Å². The van der Waals surface area contributed by atoms with E-state index < -0.39 is 5.91 Å². The number of rotatable bonds is 10. The van der Waals surface area contributed by atoms with E-state index in [0.717, 1.165) is 37.1 Å². The summed E-state index contributed by atoms with van der Waals surface area (Å²) in [5.41, 5.74) is 7.54. The summed E-state index contributed by atoms with van der Waals surface area (Å²) in [6.45, 7) is 2.32. The molecule has 0 unspecified atom stereocenters. The summed E-state index contributed by atoms with van der Waals surface area (Å²) in [4.78, 5) is 40.9. The van der Waals surface area contributed by atoms with E-state index in [0.29, 0.717) is 22.3 Å². The van der Waals surface area contributed by atoms with E-state index in [9.17, 15) is 14.4 Å². The van der Waals surface area contributed by atoms with Crippen molar-refractivity contribution >= 4 is 46.6 Å². The molecule has 3 rings (SSSR count). The van der Waals surface area contributed by atoms with Crippen molar-refractivity contribution in [3.63, 3.8) is 0 Å². The molecule has 1 aliphatic rings. The van der Waals surface area contributed by atoms with Gasteiger partial charge in [0.25, 0.3) is 0 Å². The topological polar surface area (TPSA) is 108 Å². The predicted octanol–water partition coefficient (Wildman–Crippen LogP) is 2.84. The number of nitrogens with zero attached hydrogens (tertiary/aromatic N) is 2. The molecule has 188 valence electrons. The molecule has 1 saturated heterocycles. The highest BCUT2D eigenvalue weighted by molar-refractivity contribution is 6.42. The lowest BCUT2D eigenvalue weighted by Gasteiger charge is -2.32. The van der Waals surface area contributed by atoms with E-state index in [4.69, 9.17) is 28.9 Å². The molecule has 1 aliphatic heterocycles. The normalized spacial score (nSPS) is 14.4. The highest BCUT2D eigenvalue weighted by atomic mass is 35.5. The predicted molar refractivity (Wildman–Crippen MR) is 138 cm³/mol. The van der Waals surface area contributed by atoms with Crippen molar-refractivity contribution in [2.45, 2.75) is 25.3 Å². The third-order valence-corrected chi connectivity index (χ3v) is 6.76. The average molecular weight is 520 g/mol. The second-order valence-electron chi connectivity index (χ2n) is 8.61. The maximum absolute atomic E-state index is 13.2. The van der Waals surface area contributed by atoms with Crippen molar-refractivity contribution < 1.29 is 14.4 Å². The zero-order valence-electron chi connectivity index (χ0n) is 19.7. The van der Waals surface area contributed by atoms with Crippen LogP contribution in [0.5, 0.6) is 0 Å². The number of amides is 3. The highest BCUT2D eigenvalue weighted by Crippen LogP contribution is 2.27. The standard InChI is InChI=1S/C25H31Cl2N5O3/c1-31(25(35)12-17-7-8-20(26)21(27)11-17)22(16-32-9-2-3-10-32)18-5-4-6-19(13-18)30-24(34)15-29-23(33)14-28/h4-8,11,13,22H,2-3,9-10,12,14-16,28H2,1H3,(H,29,33)(H,30,34)/t22-/m1/s1. The Balaban J connectivity index is 1.76. The van der Waals surface area contributed by atoms with Gasteiger partial charge in [-0.2, -0.15) is 0 Å². The van der Waals surface area contributed by atoms with Crippen molar-refractivity contribution in [1.82, 2.24) is 15.1 Å². The second kappa shape index (κ2) is 12.9. The van der Waals surface area contributed by atoms with Crippen LogP contribution in [0.3, 0.4) is 0 Å². The van der Waals surface area contributed by atoms with Crippen molar-refractivity contribution in [3.8, 4) is 0 Å². The number of halogens is 2. The van der Waals surface area contributed by atoms with Gasteiger partial charge < -0.3 is 26.2 Å². The Hall–Kier alpha value is -2.65. The summed E-state index contributed by atoms with van der Waals surface area (Å²) >= 11 is 12.1. The molecule has 0 saturated carbocycles. The van der Waals surface area contributed by atoms with Crippen molar-refractivity contribution in [2.24, 2.45) is 5.73 Å². The van der Waals surface area contributed by atoms with Crippen LogP contribution in [-0.4, -0.2) is 67.3 Å². The number of benzene rings is 2. The Bertz CT molecular complexity index is 1060. The van der Waals surface area contributed by atoms with Gasteiger partial charge in [-0.3, -0.25) is 14.4 Å². The maximum atomic E-state index is 13.2. The van der Waals surface area contributed by atoms with Gasteiger partial charge in [0, 0.05) is 19.3 Å². The van der Waals surface area contributed by atoms with Crippen LogP contribution in [0.15, 0.2) is 42.5 Å². The van der Waals surface area contributed by atoms with Gasteiger partial charge in [0.2, 0.25) is 17.7 Å². The summed E-state index contributed by atoms with van der Waals surface area (Å²) in [7, 11) is 1.80. The number of hydrogen-bond acceptors (Lipinski definition) is 5. The number of nitrogens with one attached hydrogen (secondary N) is 2. The smallest absolute Gasteiger partial charge is 0.243 e. The molecule has 10 heteroatoms. The lowest BCUT2D eigenvalue weighted by atomic mass is 10.0. The SMILES string of the molecule is CN(C(=O)Cc1ccc(Cl)c(Cl)c1)[C@H](CN1CCCC1)c1cccc(NC(=O)CNC(=O)CN)c1. The van der Waals surface area contributed by atoms with Crippen molar-refractivity contribution in [1.29, 1.82) is 0 Å². The first-order chi connectivity index (χ1) is 16.8. The third-order valence-electron chi connectivity index (χ3n) is 6.02. The van der Waals surface area contributed by atoms with Gasteiger partial charge in [0.15, 0.2) is 0 Å². The number of carbonyl (C=O) groups is 3. The number of likely N-dealkylation sites (tertiary alicyclic amines) is 1. The zero-order valence-corrected chi connectivity index (χ0v) is 21.2. The van der Waals surface area contributed by atoms with E-state index >= 15 is 0 Å². The molecule has 35 heavy (non-hydrogen) atoms. The molecule has 0 bridgehead atoms. The van der Waals surface area contributed by atoms with Crippen molar-refractivity contribution in [2.75, 3.05) is 45.1 Å². The minimum absolute atomic E-state index is 0.0495. The molecule has 1 atom stereocenters. The van der Waals surface area contributed by atoms with Crippen LogP contribution in [0.1, 0.15) is 30.0 Å². The molecule has 1 fully saturated rings. The number of nitrogens with two attached hydrogens (primary N) is 1. The van der Waals surface area contributed by atoms with Crippen LogP contribution in [0, 0.1) is 0 Å². The van der Waals surface area contributed by atoms with Gasteiger partial charge in [-0.1, -0.05) is 41.4 Å². The van der Waals surface area contributed by atoms with Crippen LogP contribution < -0.4 is 16.4 Å². The second-order valence-corrected chi connectivity index (χ2v) is 9.42. The maximum Gasteiger partial charge on any atom is 0.243 e. The molecular weight excluding hydrogens is 489 g/mol. The lowest BCUT2D eigenvalue weighted by Crippen LogP contribution is -2.39. The molecule has 0 spiro atoms. The van der Waals surface area contributed by atoms with E-state index in [-0.39, 0.29) is 37.4 Å². The van der Waals surface area contributed by atoms with Gasteiger partial charge in [-0.15, -0.1) is 0 Å². The molecule has 3 amide bonds. The fourth-order valence-corrected chi connectivity index (χ4v) is 4.38. The van der Waals surface area contributed by atoms with E-state index in [1.165, 1.54) is 0 Å². The molecule has 2 aromatic rings. The highest BCUT2D eigenvalue weighted by Gasteiger charge is 2.26. The Labute approximate surface area is 215 Å². The van der Waals surface area contributed by atoms with Gasteiger partial charge in [-0.25, -0.2) is 0 Å². The van der Waals surface area contributed by atoms with Gasteiger partial charge in [-0.05, 0) is 61.3 Å².